The van der Waals surface area contributed by atoms with Gasteiger partial charge in [-0.05, 0) is 94.4 Å². The highest BCUT2D eigenvalue weighted by atomic mass is 16.6. The molecule has 3 N–H and O–H groups in total. The number of allylic oxidation sites excluding steroid dienone is 7. The van der Waals surface area contributed by atoms with E-state index in [1.54, 1.807) is 19.1 Å². The van der Waals surface area contributed by atoms with E-state index in [-0.39, 0.29) is 59.3 Å². The molecule has 4 atom stereocenters. The number of phenolic OH excluding ortho intramolecular Hbond substituents is 2. The zero-order chi connectivity index (χ0) is 37.5. The quantitative estimate of drug-likeness (QED) is 0.104. The first kappa shape index (κ1) is 38.3. The predicted octanol–water partition coefficient (Wildman–Crippen LogP) is 7.34. The molecule has 1 saturated heterocycles. The molecule has 0 radical (unpaired) electrons. The molecule has 6 rings (SSSR count). The summed E-state index contributed by atoms with van der Waals surface area (Å²) in [5, 5.41) is 26.5. The lowest BCUT2D eigenvalue weighted by Crippen LogP contribution is -2.72. The lowest BCUT2D eigenvalue weighted by atomic mass is 9.51. The van der Waals surface area contributed by atoms with Crippen LogP contribution < -0.4 is 10.1 Å². The fourth-order valence-corrected chi connectivity index (χ4v) is 8.33. The summed E-state index contributed by atoms with van der Waals surface area (Å²) in [7, 11) is 0. The summed E-state index contributed by atoms with van der Waals surface area (Å²) in [4.78, 5) is 42.3. The van der Waals surface area contributed by atoms with Crippen LogP contribution in [0.2, 0.25) is 0 Å². The van der Waals surface area contributed by atoms with Gasteiger partial charge in [-0.3, -0.25) is 14.4 Å². The highest BCUT2D eigenvalue weighted by Crippen LogP contribution is 2.68. The number of hydrogen-bond donors (Lipinski definition) is 3. The van der Waals surface area contributed by atoms with Gasteiger partial charge in [-0.1, -0.05) is 47.1 Å². The number of ether oxygens (including phenoxy) is 3. The second-order valence-corrected chi connectivity index (χ2v) is 15.5. The van der Waals surface area contributed by atoms with E-state index < -0.39 is 34.4 Å². The molecule has 1 aromatic carbocycles. The lowest BCUT2D eigenvalue weighted by Gasteiger charge is -2.56. The maximum atomic E-state index is 14.9. The van der Waals surface area contributed by atoms with E-state index in [0.29, 0.717) is 42.9 Å². The Labute approximate surface area is 302 Å². The van der Waals surface area contributed by atoms with Gasteiger partial charge in [0.15, 0.2) is 22.8 Å². The summed E-state index contributed by atoms with van der Waals surface area (Å²) < 4.78 is 19.2. The zero-order valence-corrected chi connectivity index (χ0v) is 31.7. The first-order valence-corrected chi connectivity index (χ1v) is 18.3. The van der Waals surface area contributed by atoms with E-state index in [1.165, 1.54) is 5.57 Å². The molecule has 4 unspecified atom stereocenters. The SMILES string of the molecule is CCOCCNC(=O)C(C)=CCC12OC(C)(C)C3CC(C=C4C(=O)c5c(O)c(CC=C(C)CCC=C(C)C)c(O)c(CC=C(C)C)c5OC431)C2=O. The Morgan fingerprint density at radius 3 is 2.33 bits per heavy atom. The number of rotatable bonds is 14. The number of Topliss-reactive ketones (excluding diaryl/α,β-unsaturated/α-hetero) is 2. The molecule has 0 aromatic heterocycles. The van der Waals surface area contributed by atoms with E-state index in [9.17, 15) is 24.6 Å². The van der Waals surface area contributed by atoms with Crippen molar-refractivity contribution in [3.05, 3.63) is 74.9 Å². The van der Waals surface area contributed by atoms with Crippen molar-refractivity contribution in [3.8, 4) is 17.2 Å². The van der Waals surface area contributed by atoms with Crippen LogP contribution in [0.25, 0.3) is 0 Å². The van der Waals surface area contributed by atoms with Gasteiger partial charge in [0.1, 0.15) is 22.8 Å². The molecule has 5 aliphatic rings. The maximum absolute atomic E-state index is 14.9. The number of carbonyl (C=O) groups is 3. The van der Waals surface area contributed by atoms with Crippen molar-refractivity contribution in [2.45, 2.75) is 118 Å². The number of benzene rings is 1. The highest BCUT2D eigenvalue weighted by molar-refractivity contribution is 6.18. The summed E-state index contributed by atoms with van der Waals surface area (Å²) in [5.41, 5.74) is 0.670. The van der Waals surface area contributed by atoms with Gasteiger partial charge in [0, 0.05) is 53.7 Å². The van der Waals surface area contributed by atoms with Gasteiger partial charge in [0.25, 0.3) is 0 Å². The smallest absolute Gasteiger partial charge is 0.246 e. The fourth-order valence-electron chi connectivity index (χ4n) is 8.33. The average molecular weight is 702 g/mol. The van der Waals surface area contributed by atoms with Gasteiger partial charge < -0.3 is 29.7 Å². The molecule has 3 aliphatic carbocycles. The molecule has 276 valence electrons. The van der Waals surface area contributed by atoms with Gasteiger partial charge in [-0.15, -0.1) is 0 Å². The molecule has 1 amide bonds. The Kier molecular flexibility index (Phi) is 10.9. The number of phenols is 2. The Morgan fingerprint density at radius 1 is 0.980 bits per heavy atom. The second kappa shape index (κ2) is 14.6. The molecule has 1 saturated carbocycles. The monoisotopic (exact) mass is 701 g/mol. The van der Waals surface area contributed by atoms with Crippen molar-refractivity contribution in [1.82, 2.24) is 5.32 Å². The minimum absolute atomic E-state index is 0.000166. The Hall–Kier alpha value is -3.95. The summed E-state index contributed by atoms with van der Waals surface area (Å²) in [5.74, 6) is -2.28. The molecule has 2 heterocycles. The third kappa shape index (κ3) is 6.63. The van der Waals surface area contributed by atoms with E-state index in [2.05, 4.69) is 25.2 Å². The number of hydrogen-bond acceptors (Lipinski definition) is 8. The third-order valence-corrected chi connectivity index (χ3v) is 10.9. The molecule has 51 heavy (non-hydrogen) atoms. The van der Waals surface area contributed by atoms with Crippen molar-refractivity contribution in [2.75, 3.05) is 19.8 Å². The molecule has 9 nitrogen and oxygen atoms in total. The van der Waals surface area contributed by atoms with E-state index in [1.807, 2.05) is 53.7 Å². The third-order valence-electron chi connectivity index (χ3n) is 10.9. The molecule has 4 bridgehead atoms. The predicted molar refractivity (Wildman–Crippen MR) is 197 cm³/mol. The maximum Gasteiger partial charge on any atom is 0.246 e. The number of ketones is 2. The van der Waals surface area contributed by atoms with Crippen molar-refractivity contribution in [2.24, 2.45) is 11.8 Å². The summed E-state index contributed by atoms with van der Waals surface area (Å²) >= 11 is 0. The van der Waals surface area contributed by atoms with Crippen LogP contribution in [0.1, 0.15) is 109 Å². The normalized spacial score (nSPS) is 25.9. The van der Waals surface area contributed by atoms with Crippen LogP contribution in [0.15, 0.2) is 58.2 Å². The highest BCUT2D eigenvalue weighted by Gasteiger charge is 2.81. The second-order valence-electron chi connectivity index (χ2n) is 15.5. The molecule has 2 fully saturated rings. The Morgan fingerprint density at radius 2 is 1.67 bits per heavy atom. The summed E-state index contributed by atoms with van der Waals surface area (Å²) in [6.45, 7) is 18.7. The Balaban J connectivity index is 1.63. The molecule has 1 aromatic rings. The van der Waals surface area contributed by atoms with Crippen LogP contribution in [0.5, 0.6) is 17.2 Å². The first-order valence-electron chi connectivity index (χ1n) is 18.3. The van der Waals surface area contributed by atoms with Crippen LogP contribution in [-0.2, 0) is 31.9 Å². The number of carbonyl (C=O) groups excluding carboxylic acids is 3. The minimum Gasteiger partial charge on any atom is -0.507 e. The molecule has 2 aliphatic heterocycles. The summed E-state index contributed by atoms with van der Waals surface area (Å²) in [6.07, 6.45) is 12.1. The first-order chi connectivity index (χ1) is 24.0. The zero-order valence-electron chi connectivity index (χ0n) is 31.7. The number of fused-ring (bicyclic) bond motifs is 1. The standard InChI is InChI=1S/C42H55NO8/c1-10-49-21-20-43-39(48)27(7)18-19-41-38(47)28-22-31-36(46)33-35(45)29(17-15-26(6)13-11-12-24(2)3)34(44)30(16-14-25(4)5)37(33)50-42(31,41)32(23-28)40(8,9)51-41/h12,14-15,18,22,28,32,44-45H,10-11,13,16-17,19-21,23H2,1-9H3,(H,43,48). The average Bonchev–Trinajstić information content (AvgIpc) is 3.21. The van der Waals surface area contributed by atoms with E-state index in [4.69, 9.17) is 14.2 Å². The molecular formula is C42H55NO8. The minimum atomic E-state index is -1.61. The van der Waals surface area contributed by atoms with Gasteiger partial charge in [-0.2, -0.15) is 0 Å². The molecular weight excluding hydrogens is 646 g/mol. The van der Waals surface area contributed by atoms with Crippen LogP contribution in [0, 0.1) is 11.8 Å². The van der Waals surface area contributed by atoms with Crippen molar-refractivity contribution >= 4 is 17.5 Å². The van der Waals surface area contributed by atoms with E-state index in [0.717, 1.165) is 24.0 Å². The van der Waals surface area contributed by atoms with Gasteiger partial charge in [0.2, 0.25) is 5.91 Å². The topological polar surface area (TPSA) is 131 Å². The lowest BCUT2D eigenvalue weighted by molar-refractivity contribution is -0.171. The van der Waals surface area contributed by atoms with Gasteiger partial charge in [0.05, 0.1) is 12.2 Å². The van der Waals surface area contributed by atoms with Crippen molar-refractivity contribution < 1.29 is 38.8 Å². The van der Waals surface area contributed by atoms with Crippen LogP contribution >= 0.6 is 0 Å². The van der Waals surface area contributed by atoms with Crippen molar-refractivity contribution in [1.29, 1.82) is 0 Å². The number of amides is 1. The van der Waals surface area contributed by atoms with Crippen LogP contribution in [-0.4, -0.2) is 64.2 Å². The number of nitrogens with one attached hydrogen (secondary N) is 1. The summed E-state index contributed by atoms with van der Waals surface area (Å²) in [6, 6.07) is 0. The molecule has 1 spiro atoms. The van der Waals surface area contributed by atoms with Crippen molar-refractivity contribution in [3.63, 3.8) is 0 Å². The van der Waals surface area contributed by atoms with Crippen LogP contribution in [0.4, 0.5) is 0 Å². The van der Waals surface area contributed by atoms with Crippen LogP contribution in [0.3, 0.4) is 0 Å². The number of aromatic hydroxyl groups is 2. The Bertz CT molecular complexity index is 1770. The largest absolute Gasteiger partial charge is 0.507 e. The van der Waals surface area contributed by atoms with Gasteiger partial charge >= 0.3 is 0 Å². The van der Waals surface area contributed by atoms with Gasteiger partial charge in [-0.25, -0.2) is 0 Å². The fraction of sp³-hybridized carbons (Fsp3) is 0.548. The van der Waals surface area contributed by atoms with E-state index >= 15 is 0 Å². The molecule has 9 heteroatoms.